The average Bonchev–Trinajstić information content (AvgIpc) is 3.47. The molecule has 0 saturated carbocycles. The van der Waals surface area contributed by atoms with Gasteiger partial charge in [0.25, 0.3) is 11.7 Å². The fourth-order valence-electron chi connectivity index (χ4n) is 4.44. The number of ketones is 1. The second-order valence-corrected chi connectivity index (χ2v) is 9.45. The number of halogens is 1. The summed E-state index contributed by atoms with van der Waals surface area (Å²) >= 11 is 6.34. The minimum atomic E-state index is -0.710. The van der Waals surface area contributed by atoms with Crippen molar-refractivity contribution >= 4 is 29.1 Å². The van der Waals surface area contributed by atoms with E-state index in [-0.39, 0.29) is 11.3 Å². The van der Waals surface area contributed by atoms with E-state index in [1.807, 2.05) is 42.0 Å². The first kappa shape index (κ1) is 25.5. The summed E-state index contributed by atoms with van der Waals surface area (Å²) in [7, 11) is 0. The van der Waals surface area contributed by atoms with Crippen LogP contribution >= 0.6 is 11.6 Å². The molecule has 1 fully saturated rings. The molecule has 2 aromatic carbocycles. The molecule has 0 aliphatic carbocycles. The molecule has 2 heterocycles. The summed E-state index contributed by atoms with van der Waals surface area (Å²) in [5, 5.41) is 11.6. The van der Waals surface area contributed by atoms with Gasteiger partial charge in [-0.1, -0.05) is 49.7 Å². The molecule has 8 heteroatoms. The van der Waals surface area contributed by atoms with Crippen molar-refractivity contribution in [3.8, 4) is 5.75 Å². The first-order valence-electron chi connectivity index (χ1n) is 12.1. The molecule has 4 rings (SSSR count). The molecule has 1 aliphatic heterocycles. The molecular weight excluding hydrogens is 478 g/mol. The lowest BCUT2D eigenvalue weighted by Gasteiger charge is -2.26. The molecule has 0 radical (unpaired) electrons. The predicted octanol–water partition coefficient (Wildman–Crippen LogP) is 5.57. The number of aromatic nitrogens is 2. The largest absolute Gasteiger partial charge is 0.507 e. The highest BCUT2D eigenvalue weighted by molar-refractivity contribution is 6.46. The average molecular weight is 508 g/mol. The van der Waals surface area contributed by atoms with Crippen LogP contribution in [0.15, 0.2) is 66.8 Å². The summed E-state index contributed by atoms with van der Waals surface area (Å²) in [6.45, 7) is 7.50. The maximum Gasteiger partial charge on any atom is 0.295 e. The Balaban J connectivity index is 1.74. The topological polar surface area (TPSA) is 84.7 Å². The normalized spacial score (nSPS) is 17.2. The number of hydrogen-bond acceptors (Lipinski definition) is 5. The molecule has 3 aromatic rings. The first-order valence-corrected chi connectivity index (χ1v) is 12.5. The van der Waals surface area contributed by atoms with E-state index < -0.39 is 17.7 Å². The van der Waals surface area contributed by atoms with Gasteiger partial charge in [0, 0.05) is 31.0 Å². The summed E-state index contributed by atoms with van der Waals surface area (Å²) in [4.78, 5) is 32.0. The number of hydrogen-bond donors (Lipinski definition) is 1. The van der Waals surface area contributed by atoms with Gasteiger partial charge in [0.15, 0.2) is 0 Å². The van der Waals surface area contributed by atoms with Crippen molar-refractivity contribution < 1.29 is 19.4 Å². The molecule has 0 spiro atoms. The zero-order valence-corrected chi connectivity index (χ0v) is 21.4. The van der Waals surface area contributed by atoms with Crippen LogP contribution in [0.4, 0.5) is 0 Å². The Hall–Kier alpha value is -3.58. The number of ether oxygens (including phenoxy) is 1. The van der Waals surface area contributed by atoms with E-state index in [0.29, 0.717) is 48.4 Å². The monoisotopic (exact) mass is 507 g/mol. The summed E-state index contributed by atoms with van der Waals surface area (Å²) in [6, 6.07) is 12.0. The van der Waals surface area contributed by atoms with Crippen LogP contribution in [-0.2, 0) is 16.1 Å². The number of aliphatic hydroxyl groups excluding tert-OH is 1. The van der Waals surface area contributed by atoms with Gasteiger partial charge in [-0.2, -0.15) is 0 Å². The van der Waals surface area contributed by atoms with Gasteiger partial charge in [-0.3, -0.25) is 9.59 Å². The van der Waals surface area contributed by atoms with Gasteiger partial charge in [0.05, 0.1) is 29.6 Å². The molecule has 36 heavy (non-hydrogen) atoms. The lowest BCUT2D eigenvalue weighted by molar-refractivity contribution is -0.139. The Morgan fingerprint density at radius 3 is 2.50 bits per heavy atom. The number of carbonyl (C=O) groups is 2. The van der Waals surface area contributed by atoms with Gasteiger partial charge in [0.2, 0.25) is 0 Å². The number of amides is 1. The second-order valence-electron chi connectivity index (χ2n) is 9.05. The molecule has 1 amide bonds. The fourth-order valence-corrected chi connectivity index (χ4v) is 4.67. The molecule has 7 nitrogen and oxygen atoms in total. The number of Topliss-reactive ketones (excluding diaryl/α,β-unsaturated/α-hetero) is 1. The third-order valence-corrected chi connectivity index (χ3v) is 6.63. The van der Waals surface area contributed by atoms with Crippen molar-refractivity contribution in [2.75, 3.05) is 13.2 Å². The lowest BCUT2D eigenvalue weighted by atomic mass is 9.93. The van der Waals surface area contributed by atoms with Gasteiger partial charge in [-0.15, -0.1) is 0 Å². The van der Waals surface area contributed by atoms with E-state index >= 15 is 0 Å². The molecular formula is C28H30ClN3O4. The van der Waals surface area contributed by atoms with Crippen LogP contribution in [0.5, 0.6) is 5.75 Å². The van der Waals surface area contributed by atoms with Gasteiger partial charge in [-0.25, -0.2) is 4.98 Å². The first-order chi connectivity index (χ1) is 17.3. The number of aliphatic hydroxyl groups is 1. The van der Waals surface area contributed by atoms with E-state index in [2.05, 4.69) is 18.8 Å². The van der Waals surface area contributed by atoms with Crippen LogP contribution in [0.2, 0.25) is 5.02 Å². The van der Waals surface area contributed by atoms with E-state index in [9.17, 15) is 14.7 Å². The van der Waals surface area contributed by atoms with Crippen molar-refractivity contribution in [2.45, 2.75) is 45.7 Å². The highest BCUT2D eigenvalue weighted by Crippen LogP contribution is 2.40. The Labute approximate surface area is 216 Å². The maximum atomic E-state index is 13.3. The van der Waals surface area contributed by atoms with Crippen molar-refractivity contribution in [3.05, 3.63) is 88.5 Å². The van der Waals surface area contributed by atoms with E-state index in [1.165, 1.54) is 0 Å². The molecule has 1 saturated heterocycles. The van der Waals surface area contributed by atoms with Gasteiger partial charge >= 0.3 is 0 Å². The molecule has 188 valence electrons. The minimum absolute atomic E-state index is 0.0557. The number of likely N-dealkylation sites (tertiary alicyclic amines) is 1. The van der Waals surface area contributed by atoms with Crippen LogP contribution < -0.4 is 4.74 Å². The lowest BCUT2D eigenvalue weighted by Crippen LogP contribution is -2.31. The van der Waals surface area contributed by atoms with E-state index in [0.717, 1.165) is 11.1 Å². The molecule has 1 aliphatic rings. The zero-order valence-electron chi connectivity index (χ0n) is 20.6. The Kier molecular flexibility index (Phi) is 7.79. The summed E-state index contributed by atoms with van der Waals surface area (Å²) in [6.07, 6.45) is 5.89. The van der Waals surface area contributed by atoms with Crippen LogP contribution in [-0.4, -0.2) is 44.4 Å². The van der Waals surface area contributed by atoms with Crippen molar-refractivity contribution in [2.24, 2.45) is 0 Å². The van der Waals surface area contributed by atoms with Crippen LogP contribution in [0.25, 0.3) is 5.76 Å². The fraction of sp³-hybridized carbons (Fsp3) is 0.321. The summed E-state index contributed by atoms with van der Waals surface area (Å²) < 4.78 is 7.40. The zero-order chi connectivity index (χ0) is 25.8. The predicted molar refractivity (Wildman–Crippen MR) is 139 cm³/mol. The third kappa shape index (κ3) is 5.16. The van der Waals surface area contributed by atoms with Crippen molar-refractivity contribution in [1.82, 2.24) is 14.5 Å². The Bertz CT molecular complexity index is 1270. The number of benzene rings is 2. The SMILES string of the molecule is CCOc1ccc(/C(O)=C2\C(=O)C(=O)N(CCCn3ccnc3)C2c2ccc(C(C)C)cc2)cc1Cl. The molecule has 1 N–H and O–H groups in total. The number of carbonyl (C=O) groups excluding carboxylic acids is 2. The number of aryl methyl sites for hydroxylation is 1. The van der Waals surface area contributed by atoms with Crippen LogP contribution in [0, 0.1) is 0 Å². The Morgan fingerprint density at radius 2 is 1.89 bits per heavy atom. The smallest absolute Gasteiger partial charge is 0.295 e. The number of nitrogens with zero attached hydrogens (tertiary/aromatic N) is 3. The molecule has 1 unspecified atom stereocenters. The van der Waals surface area contributed by atoms with Crippen molar-refractivity contribution in [3.63, 3.8) is 0 Å². The maximum absolute atomic E-state index is 13.3. The molecule has 1 aromatic heterocycles. The van der Waals surface area contributed by atoms with E-state index in [4.69, 9.17) is 16.3 Å². The van der Waals surface area contributed by atoms with Gasteiger partial charge < -0.3 is 19.3 Å². The van der Waals surface area contributed by atoms with Crippen LogP contribution in [0.3, 0.4) is 0 Å². The highest BCUT2D eigenvalue weighted by Gasteiger charge is 2.45. The summed E-state index contributed by atoms with van der Waals surface area (Å²) in [5.74, 6) is -0.772. The third-order valence-electron chi connectivity index (χ3n) is 6.34. The number of rotatable bonds is 9. The standard InChI is InChI=1S/C28H30ClN3O4/c1-4-36-23-11-10-21(16-22(23)29)26(33)24-25(20-8-6-19(7-9-20)18(2)3)32(28(35)27(24)34)14-5-13-31-15-12-30-17-31/h6-12,15-18,25,33H,4-5,13-14H2,1-3H3/b26-24+. The van der Waals surface area contributed by atoms with Crippen molar-refractivity contribution in [1.29, 1.82) is 0 Å². The summed E-state index contributed by atoms with van der Waals surface area (Å²) in [5.41, 5.74) is 2.32. The minimum Gasteiger partial charge on any atom is -0.507 e. The van der Waals surface area contributed by atoms with Gasteiger partial charge in [0.1, 0.15) is 11.5 Å². The quantitative estimate of drug-likeness (QED) is 0.232. The highest BCUT2D eigenvalue weighted by atomic mass is 35.5. The Morgan fingerprint density at radius 1 is 1.14 bits per heavy atom. The number of imidazole rings is 1. The van der Waals surface area contributed by atoms with E-state index in [1.54, 1.807) is 35.6 Å². The molecule has 1 atom stereocenters. The van der Waals surface area contributed by atoms with Crippen LogP contribution in [0.1, 0.15) is 55.8 Å². The van der Waals surface area contributed by atoms with Gasteiger partial charge in [-0.05, 0) is 48.6 Å². The second kappa shape index (κ2) is 11.0. The molecule has 0 bridgehead atoms.